The number of nitrogens with one attached hydrogen (secondary N) is 1. The van der Waals surface area contributed by atoms with Crippen LogP contribution in [0.2, 0.25) is 0 Å². The van der Waals surface area contributed by atoms with Crippen LogP contribution in [0.1, 0.15) is 34.2 Å². The molecular formula is C20H22N2O3S. The Bertz CT molecular complexity index is 1020. The molecule has 2 aromatic rings. The second-order valence-corrected chi connectivity index (χ2v) is 8.98. The average Bonchev–Trinajstić information content (AvgIpc) is 2.89. The maximum absolute atomic E-state index is 13.0. The number of nitrogens with zero attached hydrogens (tertiary/aromatic N) is 1. The molecular weight excluding hydrogens is 348 g/mol. The van der Waals surface area contributed by atoms with Gasteiger partial charge in [-0.05, 0) is 68.0 Å². The summed E-state index contributed by atoms with van der Waals surface area (Å²) in [5, 5.41) is 0. The van der Waals surface area contributed by atoms with Gasteiger partial charge in [0.15, 0.2) is 0 Å². The molecule has 0 atom stereocenters. The van der Waals surface area contributed by atoms with E-state index in [1.807, 2.05) is 32.9 Å². The Hall–Kier alpha value is -2.34. The number of hydrogen-bond acceptors (Lipinski definition) is 3. The summed E-state index contributed by atoms with van der Waals surface area (Å²) in [5.74, 6) is 0.0636. The van der Waals surface area contributed by atoms with Gasteiger partial charge in [-0.25, -0.2) is 8.42 Å². The lowest BCUT2D eigenvalue weighted by atomic mass is 10.0. The van der Waals surface area contributed by atoms with Crippen molar-refractivity contribution in [3.05, 3.63) is 52.1 Å². The Balaban J connectivity index is 1.77. The molecule has 0 saturated heterocycles. The van der Waals surface area contributed by atoms with Gasteiger partial charge in [0.05, 0.1) is 22.7 Å². The first kappa shape index (κ1) is 17.1. The monoisotopic (exact) mass is 370 g/mol. The lowest BCUT2D eigenvalue weighted by Crippen LogP contribution is -2.31. The summed E-state index contributed by atoms with van der Waals surface area (Å²) in [5.41, 5.74) is 6.24. The van der Waals surface area contributed by atoms with Gasteiger partial charge in [0, 0.05) is 6.54 Å². The predicted octanol–water partition coefficient (Wildman–Crippen LogP) is 3.25. The Morgan fingerprint density at radius 1 is 1.00 bits per heavy atom. The number of hydrogen-bond donors (Lipinski definition) is 1. The minimum atomic E-state index is -3.72. The number of aryl methyl sites for hydroxylation is 4. The smallest absolute Gasteiger partial charge is 0.261 e. The van der Waals surface area contributed by atoms with Gasteiger partial charge in [0.1, 0.15) is 0 Å². The molecule has 2 aromatic carbocycles. The summed E-state index contributed by atoms with van der Waals surface area (Å²) < 4.78 is 28.8. The van der Waals surface area contributed by atoms with Crippen LogP contribution >= 0.6 is 0 Å². The molecule has 2 aliphatic heterocycles. The van der Waals surface area contributed by atoms with E-state index < -0.39 is 10.0 Å². The largest absolute Gasteiger partial charge is 0.312 e. The van der Waals surface area contributed by atoms with Crippen molar-refractivity contribution >= 4 is 27.3 Å². The van der Waals surface area contributed by atoms with Crippen LogP contribution in [0.25, 0.3) is 0 Å². The molecule has 2 aliphatic rings. The first-order chi connectivity index (χ1) is 12.3. The van der Waals surface area contributed by atoms with Crippen molar-refractivity contribution < 1.29 is 13.2 Å². The molecule has 0 bridgehead atoms. The number of sulfonamides is 1. The molecule has 1 N–H and O–H groups in total. The van der Waals surface area contributed by atoms with E-state index in [0.29, 0.717) is 5.69 Å². The quantitative estimate of drug-likeness (QED) is 0.902. The summed E-state index contributed by atoms with van der Waals surface area (Å²) in [6.07, 6.45) is 1.96. The number of amides is 1. The molecule has 0 radical (unpaired) electrons. The highest BCUT2D eigenvalue weighted by Crippen LogP contribution is 2.39. The highest BCUT2D eigenvalue weighted by Gasteiger charge is 2.33. The maximum Gasteiger partial charge on any atom is 0.261 e. The summed E-state index contributed by atoms with van der Waals surface area (Å²) in [7, 11) is -3.72. The van der Waals surface area contributed by atoms with Gasteiger partial charge in [-0.3, -0.25) is 9.52 Å². The first-order valence-electron chi connectivity index (χ1n) is 8.83. The zero-order valence-corrected chi connectivity index (χ0v) is 16.0. The van der Waals surface area contributed by atoms with Crippen molar-refractivity contribution in [3.63, 3.8) is 0 Å². The van der Waals surface area contributed by atoms with E-state index in [1.165, 1.54) is 0 Å². The molecule has 1 amide bonds. The second-order valence-electron chi connectivity index (χ2n) is 7.30. The van der Waals surface area contributed by atoms with Crippen molar-refractivity contribution in [2.24, 2.45) is 0 Å². The second kappa shape index (κ2) is 5.84. The zero-order valence-electron chi connectivity index (χ0n) is 15.2. The normalized spacial score (nSPS) is 16.0. The third-order valence-electron chi connectivity index (χ3n) is 5.21. The Kier molecular flexibility index (Phi) is 3.84. The summed E-state index contributed by atoms with van der Waals surface area (Å²) >= 11 is 0. The van der Waals surface area contributed by atoms with Crippen molar-refractivity contribution in [2.45, 2.75) is 44.9 Å². The SMILES string of the molecule is Cc1cc(C)c(NS(=O)(=O)c2cc3c4c(c2)CC(=O)N4CCC3)c(C)c1. The number of rotatable bonds is 3. The molecule has 5 nitrogen and oxygen atoms in total. The van der Waals surface area contributed by atoms with E-state index in [2.05, 4.69) is 4.72 Å². The van der Waals surface area contributed by atoms with Crippen LogP contribution in [0.15, 0.2) is 29.2 Å². The third kappa shape index (κ3) is 2.69. The van der Waals surface area contributed by atoms with E-state index >= 15 is 0 Å². The Morgan fingerprint density at radius 2 is 1.65 bits per heavy atom. The first-order valence-corrected chi connectivity index (χ1v) is 10.3. The van der Waals surface area contributed by atoms with E-state index in [-0.39, 0.29) is 17.2 Å². The fourth-order valence-electron chi connectivity index (χ4n) is 4.14. The van der Waals surface area contributed by atoms with Gasteiger partial charge < -0.3 is 4.90 Å². The summed E-state index contributed by atoms with van der Waals surface area (Å²) in [6, 6.07) is 7.32. The Morgan fingerprint density at radius 3 is 2.35 bits per heavy atom. The van der Waals surface area contributed by atoms with Crippen LogP contribution in [0.4, 0.5) is 11.4 Å². The predicted molar refractivity (Wildman–Crippen MR) is 102 cm³/mol. The van der Waals surface area contributed by atoms with Crippen LogP contribution in [0.3, 0.4) is 0 Å². The van der Waals surface area contributed by atoms with Crippen molar-refractivity contribution in [1.82, 2.24) is 0 Å². The molecule has 0 aliphatic carbocycles. The fraction of sp³-hybridized carbons (Fsp3) is 0.350. The van der Waals surface area contributed by atoms with E-state index in [1.54, 1.807) is 17.0 Å². The molecule has 0 aromatic heterocycles. The topological polar surface area (TPSA) is 66.5 Å². The van der Waals surface area contributed by atoms with Gasteiger partial charge in [0.2, 0.25) is 5.91 Å². The molecule has 6 heteroatoms. The van der Waals surface area contributed by atoms with Crippen molar-refractivity contribution in [2.75, 3.05) is 16.2 Å². The highest BCUT2D eigenvalue weighted by atomic mass is 32.2. The lowest BCUT2D eigenvalue weighted by Gasteiger charge is -2.26. The molecule has 136 valence electrons. The highest BCUT2D eigenvalue weighted by molar-refractivity contribution is 7.92. The van der Waals surface area contributed by atoms with Crippen molar-refractivity contribution in [3.8, 4) is 0 Å². The van der Waals surface area contributed by atoms with E-state index in [4.69, 9.17) is 0 Å². The van der Waals surface area contributed by atoms with Crippen molar-refractivity contribution in [1.29, 1.82) is 0 Å². The fourth-order valence-corrected chi connectivity index (χ4v) is 5.44. The molecule has 0 fully saturated rings. The third-order valence-corrected chi connectivity index (χ3v) is 6.53. The van der Waals surface area contributed by atoms with Crippen LogP contribution in [0.5, 0.6) is 0 Å². The molecule has 4 rings (SSSR count). The van der Waals surface area contributed by atoms with E-state index in [0.717, 1.165) is 52.9 Å². The summed E-state index contributed by atoms with van der Waals surface area (Å²) in [6.45, 7) is 6.53. The van der Waals surface area contributed by atoms with Gasteiger partial charge >= 0.3 is 0 Å². The number of carbonyl (C=O) groups excluding carboxylic acids is 1. The molecule has 2 heterocycles. The van der Waals surface area contributed by atoms with Gasteiger partial charge in [-0.2, -0.15) is 0 Å². The Labute approximate surface area is 154 Å². The average molecular weight is 370 g/mol. The minimum absolute atomic E-state index is 0.0636. The molecule has 0 saturated carbocycles. The molecule has 0 spiro atoms. The van der Waals surface area contributed by atoms with Gasteiger partial charge in [-0.1, -0.05) is 17.7 Å². The number of benzene rings is 2. The maximum atomic E-state index is 13.0. The number of anilines is 2. The van der Waals surface area contributed by atoms with Gasteiger partial charge in [-0.15, -0.1) is 0 Å². The summed E-state index contributed by atoms with van der Waals surface area (Å²) in [4.78, 5) is 14.2. The van der Waals surface area contributed by atoms with Crippen LogP contribution < -0.4 is 9.62 Å². The van der Waals surface area contributed by atoms with Crippen LogP contribution in [-0.4, -0.2) is 20.9 Å². The minimum Gasteiger partial charge on any atom is -0.312 e. The number of carbonyl (C=O) groups is 1. The molecule has 26 heavy (non-hydrogen) atoms. The zero-order chi connectivity index (χ0) is 18.6. The van der Waals surface area contributed by atoms with Crippen LogP contribution in [0, 0.1) is 20.8 Å². The van der Waals surface area contributed by atoms with E-state index in [9.17, 15) is 13.2 Å². The molecule has 0 unspecified atom stereocenters. The van der Waals surface area contributed by atoms with Gasteiger partial charge in [0.25, 0.3) is 10.0 Å². The lowest BCUT2D eigenvalue weighted by molar-refractivity contribution is -0.117. The standard InChI is InChI=1S/C20H22N2O3S/c1-12-7-13(2)19(14(3)8-12)21-26(24,25)17-9-15-5-4-6-22-18(23)11-16(10-17)20(15)22/h7-10,21H,4-6,11H2,1-3H3. The van der Waals surface area contributed by atoms with Crippen LogP contribution in [-0.2, 0) is 27.7 Å².